The van der Waals surface area contributed by atoms with Crippen LogP contribution in [0, 0.1) is 0 Å². The van der Waals surface area contributed by atoms with Gasteiger partial charge in [-0.15, -0.1) is 0 Å². The molecule has 0 unspecified atom stereocenters. The van der Waals surface area contributed by atoms with Crippen molar-refractivity contribution < 1.29 is 4.43 Å². The summed E-state index contributed by atoms with van der Waals surface area (Å²) in [5.74, 6) is 0. The van der Waals surface area contributed by atoms with Crippen LogP contribution in [-0.2, 0) is 4.43 Å². The Morgan fingerprint density at radius 2 is 1.79 bits per heavy atom. The lowest BCUT2D eigenvalue weighted by Gasteiger charge is -2.26. The Labute approximate surface area is 94.4 Å². The Kier molecular flexibility index (Phi) is 5.30. The van der Waals surface area contributed by atoms with Crippen LogP contribution in [0.1, 0.15) is 34.1 Å². The standard InChI is InChI=1S/C11H24OSSi/c1-8-9-10(12-14(5,6)7)13-11(2,3)4/h9H,8H2,1-7H3. The summed E-state index contributed by atoms with van der Waals surface area (Å²) in [5, 5.41) is 1.11. The smallest absolute Gasteiger partial charge is 0.242 e. The molecule has 0 aliphatic heterocycles. The molecule has 0 saturated carbocycles. The highest BCUT2D eigenvalue weighted by Gasteiger charge is 2.21. The van der Waals surface area contributed by atoms with E-state index in [-0.39, 0.29) is 4.75 Å². The van der Waals surface area contributed by atoms with E-state index in [1.165, 1.54) is 0 Å². The number of hydrogen-bond donors (Lipinski definition) is 0. The van der Waals surface area contributed by atoms with E-state index in [9.17, 15) is 0 Å². The predicted octanol–water partition coefficient (Wildman–Crippen LogP) is 4.62. The summed E-state index contributed by atoms with van der Waals surface area (Å²) >= 11 is 1.83. The lowest BCUT2D eigenvalue weighted by atomic mass is 10.3. The first-order valence-corrected chi connectivity index (χ1v) is 9.45. The zero-order valence-electron chi connectivity index (χ0n) is 10.6. The molecule has 0 amide bonds. The molecule has 0 aromatic rings. The first-order chi connectivity index (χ1) is 6.14. The summed E-state index contributed by atoms with van der Waals surface area (Å²) in [6.45, 7) is 15.5. The molecule has 3 heteroatoms. The van der Waals surface area contributed by atoms with Crippen LogP contribution >= 0.6 is 11.8 Å². The second-order valence-electron chi connectivity index (χ2n) is 5.36. The monoisotopic (exact) mass is 232 g/mol. The fraction of sp³-hybridized carbons (Fsp3) is 0.818. The van der Waals surface area contributed by atoms with Gasteiger partial charge in [-0.1, -0.05) is 39.5 Å². The van der Waals surface area contributed by atoms with E-state index in [1.54, 1.807) is 0 Å². The van der Waals surface area contributed by atoms with Crippen LogP contribution in [0.25, 0.3) is 0 Å². The summed E-state index contributed by atoms with van der Waals surface area (Å²) < 4.78 is 6.25. The van der Waals surface area contributed by atoms with Crippen molar-refractivity contribution in [1.29, 1.82) is 0 Å². The third-order valence-electron chi connectivity index (χ3n) is 1.18. The maximum Gasteiger partial charge on any atom is 0.242 e. The van der Waals surface area contributed by atoms with E-state index in [0.29, 0.717) is 0 Å². The van der Waals surface area contributed by atoms with Gasteiger partial charge in [0.05, 0.1) is 0 Å². The van der Waals surface area contributed by atoms with E-state index in [2.05, 4.69) is 53.4 Å². The largest absolute Gasteiger partial charge is 0.540 e. The van der Waals surface area contributed by atoms with Crippen molar-refractivity contribution >= 4 is 20.1 Å². The Hall–Kier alpha value is 0.107. The molecule has 0 aliphatic rings. The lowest BCUT2D eigenvalue weighted by molar-refractivity contribution is 0.459. The van der Waals surface area contributed by atoms with Gasteiger partial charge in [-0.05, 0) is 32.1 Å². The van der Waals surface area contributed by atoms with E-state index in [4.69, 9.17) is 4.43 Å². The maximum absolute atomic E-state index is 6.02. The minimum absolute atomic E-state index is 0.237. The quantitative estimate of drug-likeness (QED) is 0.516. The van der Waals surface area contributed by atoms with E-state index >= 15 is 0 Å². The van der Waals surface area contributed by atoms with Gasteiger partial charge in [0, 0.05) is 4.75 Å². The molecule has 0 heterocycles. The van der Waals surface area contributed by atoms with Gasteiger partial charge in [-0.2, -0.15) is 0 Å². The third kappa shape index (κ3) is 8.69. The Bertz CT molecular complexity index is 180. The Morgan fingerprint density at radius 1 is 1.29 bits per heavy atom. The molecular formula is C11H24OSSi. The first kappa shape index (κ1) is 14.1. The first-order valence-electron chi connectivity index (χ1n) is 5.22. The topological polar surface area (TPSA) is 9.23 Å². The van der Waals surface area contributed by atoms with Gasteiger partial charge in [0.2, 0.25) is 8.32 Å². The van der Waals surface area contributed by atoms with Gasteiger partial charge in [0.25, 0.3) is 0 Å². The fourth-order valence-corrected chi connectivity index (χ4v) is 3.33. The van der Waals surface area contributed by atoms with Crippen molar-refractivity contribution in [3.63, 3.8) is 0 Å². The molecule has 14 heavy (non-hydrogen) atoms. The molecule has 84 valence electrons. The van der Waals surface area contributed by atoms with Crippen molar-refractivity contribution in [2.24, 2.45) is 0 Å². The number of rotatable bonds is 4. The minimum atomic E-state index is -1.45. The number of hydrogen-bond acceptors (Lipinski definition) is 2. The van der Waals surface area contributed by atoms with Crippen LogP contribution in [-0.4, -0.2) is 13.1 Å². The lowest BCUT2D eigenvalue weighted by Crippen LogP contribution is -2.25. The average molecular weight is 232 g/mol. The second kappa shape index (κ2) is 5.26. The van der Waals surface area contributed by atoms with Gasteiger partial charge in [0.1, 0.15) is 5.09 Å². The summed E-state index contributed by atoms with van der Waals surface area (Å²) in [4.78, 5) is 0. The molecule has 0 bridgehead atoms. The summed E-state index contributed by atoms with van der Waals surface area (Å²) in [5.41, 5.74) is 0. The Balaban J connectivity index is 4.41. The summed E-state index contributed by atoms with van der Waals surface area (Å²) in [6.07, 6.45) is 3.23. The predicted molar refractivity (Wildman–Crippen MR) is 70.1 cm³/mol. The zero-order valence-corrected chi connectivity index (χ0v) is 12.4. The van der Waals surface area contributed by atoms with E-state index in [1.807, 2.05) is 11.8 Å². The van der Waals surface area contributed by atoms with Gasteiger partial charge < -0.3 is 4.43 Å². The van der Waals surface area contributed by atoms with Gasteiger partial charge in [0.15, 0.2) is 0 Å². The molecule has 0 aliphatic carbocycles. The SMILES string of the molecule is CCC=C(O[Si](C)(C)C)SC(C)(C)C. The van der Waals surface area contributed by atoms with Gasteiger partial charge >= 0.3 is 0 Å². The molecule has 0 rings (SSSR count). The van der Waals surface area contributed by atoms with Crippen molar-refractivity contribution in [2.45, 2.75) is 58.5 Å². The van der Waals surface area contributed by atoms with Crippen molar-refractivity contribution in [1.82, 2.24) is 0 Å². The minimum Gasteiger partial charge on any atom is -0.540 e. The zero-order chi connectivity index (χ0) is 11.4. The van der Waals surface area contributed by atoms with Crippen LogP contribution in [0.4, 0.5) is 0 Å². The molecule has 0 spiro atoms. The van der Waals surface area contributed by atoms with Crippen molar-refractivity contribution in [3.05, 3.63) is 11.2 Å². The summed E-state index contributed by atoms with van der Waals surface area (Å²) in [7, 11) is -1.45. The number of allylic oxidation sites excluding steroid dienone is 1. The van der Waals surface area contributed by atoms with Crippen LogP contribution in [0.2, 0.25) is 19.6 Å². The highest BCUT2D eigenvalue weighted by Crippen LogP contribution is 2.33. The highest BCUT2D eigenvalue weighted by molar-refractivity contribution is 8.04. The molecule has 0 fully saturated rings. The summed E-state index contributed by atoms with van der Waals surface area (Å²) in [6, 6.07) is 0. The normalized spacial score (nSPS) is 14.4. The molecule has 0 aromatic heterocycles. The van der Waals surface area contributed by atoms with Crippen LogP contribution < -0.4 is 0 Å². The van der Waals surface area contributed by atoms with E-state index in [0.717, 1.165) is 11.5 Å². The molecule has 0 N–H and O–H groups in total. The molecule has 0 radical (unpaired) electrons. The number of thioether (sulfide) groups is 1. The van der Waals surface area contributed by atoms with Crippen molar-refractivity contribution in [2.75, 3.05) is 0 Å². The van der Waals surface area contributed by atoms with Crippen LogP contribution in [0.15, 0.2) is 11.2 Å². The van der Waals surface area contributed by atoms with Gasteiger partial charge in [-0.25, -0.2) is 0 Å². The van der Waals surface area contributed by atoms with Gasteiger partial charge in [-0.3, -0.25) is 0 Å². The molecule has 0 aromatic carbocycles. The molecule has 0 atom stereocenters. The van der Waals surface area contributed by atoms with E-state index < -0.39 is 8.32 Å². The molecule has 0 saturated heterocycles. The second-order valence-corrected chi connectivity index (χ2v) is 11.6. The molecule has 1 nitrogen and oxygen atoms in total. The molecular weight excluding hydrogens is 208 g/mol. The maximum atomic E-state index is 6.02. The van der Waals surface area contributed by atoms with Crippen LogP contribution in [0.5, 0.6) is 0 Å². The van der Waals surface area contributed by atoms with Crippen LogP contribution in [0.3, 0.4) is 0 Å². The highest BCUT2D eigenvalue weighted by atomic mass is 32.2. The van der Waals surface area contributed by atoms with Crippen molar-refractivity contribution in [3.8, 4) is 0 Å². The Morgan fingerprint density at radius 3 is 2.07 bits per heavy atom. The fourth-order valence-electron chi connectivity index (χ4n) is 0.874. The third-order valence-corrected chi connectivity index (χ3v) is 3.23. The average Bonchev–Trinajstić information content (AvgIpc) is 1.78.